The van der Waals surface area contributed by atoms with Gasteiger partial charge >= 0.3 is 12.0 Å². The molecule has 5 nitrogen and oxygen atoms in total. The van der Waals surface area contributed by atoms with Crippen LogP contribution in [0.2, 0.25) is 0 Å². The lowest BCUT2D eigenvalue weighted by molar-refractivity contribution is 0.0501. The van der Waals surface area contributed by atoms with E-state index in [-0.39, 0.29) is 6.03 Å². The molecule has 2 N–H and O–H groups in total. The number of ether oxygens (including phenoxy) is 1. The second-order valence-electron chi connectivity index (χ2n) is 5.47. The van der Waals surface area contributed by atoms with Crippen molar-refractivity contribution in [2.45, 2.75) is 26.3 Å². The van der Waals surface area contributed by atoms with Crippen LogP contribution in [0.1, 0.15) is 35.7 Å². The highest BCUT2D eigenvalue weighted by Crippen LogP contribution is 2.16. The number of unbranched alkanes of at least 4 members (excludes halogenated alkanes) is 1. The van der Waals surface area contributed by atoms with Crippen LogP contribution in [0, 0.1) is 0 Å². The molecule has 0 aromatic heterocycles. The molecule has 132 valence electrons. The molecule has 2 amide bonds. The number of hydrogen-bond acceptors (Lipinski definition) is 3. The molecular formula is C19H21BrN2O3. The van der Waals surface area contributed by atoms with Crippen LogP contribution in [0.5, 0.6) is 0 Å². The molecule has 0 bridgehead atoms. The third kappa shape index (κ3) is 6.23. The number of carbonyl (C=O) groups is 2. The van der Waals surface area contributed by atoms with Crippen LogP contribution in [0.4, 0.5) is 10.5 Å². The molecule has 0 aliphatic carbocycles. The number of rotatable bonds is 7. The first kappa shape index (κ1) is 19.0. The van der Waals surface area contributed by atoms with Gasteiger partial charge in [-0.15, -0.1) is 0 Å². The van der Waals surface area contributed by atoms with Crippen LogP contribution in [0.3, 0.4) is 0 Å². The van der Waals surface area contributed by atoms with Crippen LogP contribution in [-0.4, -0.2) is 18.6 Å². The van der Waals surface area contributed by atoms with E-state index < -0.39 is 5.97 Å². The van der Waals surface area contributed by atoms with Gasteiger partial charge in [0.1, 0.15) is 0 Å². The minimum absolute atomic E-state index is 0.345. The van der Waals surface area contributed by atoms with E-state index in [1.807, 2.05) is 31.2 Å². The zero-order valence-electron chi connectivity index (χ0n) is 14.0. The SMILES string of the molecule is CCCCOC(=O)c1ccccc1NC(=O)NCc1ccc(Br)cc1. The molecule has 0 aliphatic heterocycles. The molecule has 0 unspecified atom stereocenters. The van der Waals surface area contributed by atoms with Crippen LogP contribution in [0.15, 0.2) is 53.0 Å². The molecule has 2 aromatic carbocycles. The molecule has 0 fully saturated rings. The topological polar surface area (TPSA) is 67.4 Å². The Labute approximate surface area is 155 Å². The second-order valence-corrected chi connectivity index (χ2v) is 6.38. The van der Waals surface area contributed by atoms with Crippen LogP contribution in [-0.2, 0) is 11.3 Å². The Morgan fingerprint density at radius 2 is 1.80 bits per heavy atom. The van der Waals surface area contributed by atoms with Gasteiger partial charge in [-0.25, -0.2) is 9.59 Å². The monoisotopic (exact) mass is 404 g/mol. The number of para-hydroxylation sites is 1. The average molecular weight is 405 g/mol. The largest absolute Gasteiger partial charge is 0.462 e. The molecule has 0 saturated carbocycles. The van der Waals surface area contributed by atoms with E-state index in [0.717, 1.165) is 22.9 Å². The second kappa shape index (κ2) is 9.84. The summed E-state index contributed by atoms with van der Waals surface area (Å²) in [5.74, 6) is -0.433. The number of amides is 2. The molecular weight excluding hydrogens is 384 g/mol. The van der Waals surface area contributed by atoms with E-state index in [4.69, 9.17) is 4.74 Å². The van der Waals surface area contributed by atoms with Gasteiger partial charge in [-0.2, -0.15) is 0 Å². The summed E-state index contributed by atoms with van der Waals surface area (Å²) in [7, 11) is 0. The quantitative estimate of drug-likeness (QED) is 0.517. The van der Waals surface area contributed by atoms with Crippen molar-refractivity contribution in [2.75, 3.05) is 11.9 Å². The first-order valence-electron chi connectivity index (χ1n) is 8.15. The number of carbonyl (C=O) groups excluding carboxylic acids is 2. The van der Waals surface area contributed by atoms with E-state index in [0.29, 0.717) is 24.4 Å². The highest BCUT2D eigenvalue weighted by Gasteiger charge is 2.14. The van der Waals surface area contributed by atoms with Crippen molar-refractivity contribution in [3.05, 3.63) is 64.1 Å². The van der Waals surface area contributed by atoms with Crippen molar-refractivity contribution in [2.24, 2.45) is 0 Å². The zero-order chi connectivity index (χ0) is 18.1. The van der Waals surface area contributed by atoms with Gasteiger partial charge in [0.2, 0.25) is 0 Å². The summed E-state index contributed by atoms with van der Waals surface area (Å²) in [5, 5.41) is 5.47. The number of halogens is 1. The van der Waals surface area contributed by atoms with Crippen molar-refractivity contribution in [3.8, 4) is 0 Å². The fourth-order valence-electron chi connectivity index (χ4n) is 2.11. The van der Waals surface area contributed by atoms with E-state index in [9.17, 15) is 9.59 Å². The van der Waals surface area contributed by atoms with Gasteiger partial charge in [0.25, 0.3) is 0 Å². The first-order valence-corrected chi connectivity index (χ1v) is 8.95. The van der Waals surface area contributed by atoms with Crippen molar-refractivity contribution in [1.82, 2.24) is 5.32 Å². The van der Waals surface area contributed by atoms with E-state index >= 15 is 0 Å². The van der Waals surface area contributed by atoms with Crippen molar-refractivity contribution in [1.29, 1.82) is 0 Å². The highest BCUT2D eigenvalue weighted by molar-refractivity contribution is 9.10. The summed E-state index contributed by atoms with van der Waals surface area (Å²) in [4.78, 5) is 24.2. The Hall–Kier alpha value is -2.34. The third-order valence-corrected chi connectivity index (χ3v) is 4.02. The number of urea groups is 1. The Morgan fingerprint density at radius 3 is 2.52 bits per heavy atom. The number of hydrogen-bond donors (Lipinski definition) is 2. The summed E-state index contributed by atoms with van der Waals surface area (Å²) in [6, 6.07) is 14.1. The number of nitrogens with one attached hydrogen (secondary N) is 2. The average Bonchev–Trinajstić information content (AvgIpc) is 2.62. The lowest BCUT2D eigenvalue weighted by Gasteiger charge is -2.12. The van der Waals surface area contributed by atoms with Gasteiger partial charge in [-0.05, 0) is 36.2 Å². The lowest BCUT2D eigenvalue weighted by Crippen LogP contribution is -2.29. The molecule has 0 radical (unpaired) electrons. The Bertz CT molecular complexity index is 717. The Morgan fingerprint density at radius 1 is 1.08 bits per heavy atom. The van der Waals surface area contributed by atoms with Gasteiger partial charge in [-0.3, -0.25) is 0 Å². The summed E-state index contributed by atoms with van der Waals surface area (Å²) in [5.41, 5.74) is 1.75. The van der Waals surface area contributed by atoms with Crippen molar-refractivity contribution < 1.29 is 14.3 Å². The maximum atomic E-state index is 12.1. The summed E-state index contributed by atoms with van der Waals surface area (Å²) >= 11 is 3.37. The fourth-order valence-corrected chi connectivity index (χ4v) is 2.37. The minimum atomic E-state index is -0.433. The number of esters is 1. The predicted molar refractivity (Wildman–Crippen MR) is 102 cm³/mol. The molecule has 0 aliphatic rings. The van der Waals surface area contributed by atoms with Gasteiger partial charge in [0.05, 0.1) is 17.9 Å². The van der Waals surface area contributed by atoms with Gasteiger partial charge in [-0.1, -0.05) is 53.5 Å². The molecule has 0 saturated heterocycles. The predicted octanol–water partition coefficient (Wildman–Crippen LogP) is 4.73. The van der Waals surface area contributed by atoms with Gasteiger partial charge in [0.15, 0.2) is 0 Å². The lowest BCUT2D eigenvalue weighted by atomic mass is 10.2. The van der Waals surface area contributed by atoms with Gasteiger partial charge < -0.3 is 15.4 Å². The molecule has 0 atom stereocenters. The minimum Gasteiger partial charge on any atom is -0.462 e. The summed E-state index contributed by atoms with van der Waals surface area (Å²) in [6.07, 6.45) is 1.76. The molecule has 2 rings (SSSR count). The van der Waals surface area contributed by atoms with E-state index in [1.165, 1.54) is 0 Å². The first-order chi connectivity index (χ1) is 12.1. The molecule has 0 heterocycles. The van der Waals surface area contributed by atoms with Crippen LogP contribution < -0.4 is 10.6 Å². The van der Waals surface area contributed by atoms with Gasteiger partial charge in [0, 0.05) is 11.0 Å². The van der Waals surface area contributed by atoms with Crippen LogP contribution in [0.25, 0.3) is 0 Å². The molecule has 6 heteroatoms. The fraction of sp³-hybridized carbons (Fsp3) is 0.263. The normalized spacial score (nSPS) is 10.2. The smallest absolute Gasteiger partial charge is 0.340 e. The zero-order valence-corrected chi connectivity index (χ0v) is 15.6. The molecule has 2 aromatic rings. The Kier molecular flexibility index (Phi) is 7.47. The molecule has 25 heavy (non-hydrogen) atoms. The van der Waals surface area contributed by atoms with E-state index in [2.05, 4.69) is 26.6 Å². The van der Waals surface area contributed by atoms with Crippen molar-refractivity contribution in [3.63, 3.8) is 0 Å². The van der Waals surface area contributed by atoms with Crippen molar-refractivity contribution >= 4 is 33.6 Å². The van der Waals surface area contributed by atoms with Crippen LogP contribution >= 0.6 is 15.9 Å². The Balaban J connectivity index is 1.93. The standard InChI is InChI=1S/C19H21BrN2O3/c1-2-3-12-25-18(23)16-6-4-5-7-17(16)22-19(24)21-13-14-8-10-15(20)11-9-14/h4-11H,2-3,12-13H2,1H3,(H2,21,22,24). The molecule has 0 spiro atoms. The summed E-state index contributed by atoms with van der Waals surface area (Å²) in [6.45, 7) is 2.79. The number of anilines is 1. The van der Waals surface area contributed by atoms with E-state index in [1.54, 1.807) is 24.3 Å². The number of benzene rings is 2. The maximum Gasteiger partial charge on any atom is 0.340 e. The maximum absolute atomic E-state index is 12.1. The highest BCUT2D eigenvalue weighted by atomic mass is 79.9. The third-order valence-electron chi connectivity index (χ3n) is 3.49. The summed E-state index contributed by atoms with van der Waals surface area (Å²) < 4.78 is 6.20.